The van der Waals surface area contributed by atoms with Gasteiger partial charge in [0, 0.05) is 22.7 Å². The minimum atomic E-state index is -0.195. The molecule has 0 bridgehead atoms. The summed E-state index contributed by atoms with van der Waals surface area (Å²) in [5.41, 5.74) is 2.83. The Balaban J connectivity index is 1.50. The van der Waals surface area contributed by atoms with Crippen molar-refractivity contribution in [2.45, 2.75) is 57.9 Å². The van der Waals surface area contributed by atoms with E-state index >= 15 is 0 Å². The summed E-state index contributed by atoms with van der Waals surface area (Å²) in [6.07, 6.45) is 7.53. The van der Waals surface area contributed by atoms with Crippen molar-refractivity contribution in [1.29, 1.82) is 0 Å². The highest BCUT2D eigenvalue weighted by Crippen LogP contribution is 2.32. The number of benzene rings is 2. The molecule has 0 spiro atoms. The maximum atomic E-state index is 13.3. The van der Waals surface area contributed by atoms with E-state index in [1.807, 2.05) is 29.2 Å². The predicted molar refractivity (Wildman–Crippen MR) is 122 cm³/mol. The number of halogens is 1. The van der Waals surface area contributed by atoms with E-state index in [0.29, 0.717) is 28.8 Å². The van der Waals surface area contributed by atoms with Crippen molar-refractivity contribution in [2.75, 3.05) is 6.54 Å². The van der Waals surface area contributed by atoms with Gasteiger partial charge in [0.05, 0.1) is 0 Å². The molecule has 0 radical (unpaired) electrons. The first kappa shape index (κ1) is 21.6. The molecule has 6 heteroatoms. The highest BCUT2D eigenvalue weighted by molar-refractivity contribution is 6.30. The minimum Gasteiger partial charge on any atom is -0.337 e. The molecule has 3 aromatic rings. The van der Waals surface area contributed by atoms with Gasteiger partial charge >= 0.3 is 0 Å². The first-order valence-corrected chi connectivity index (χ1v) is 11.5. The summed E-state index contributed by atoms with van der Waals surface area (Å²) in [6, 6.07) is 15.2. The number of likely N-dealkylation sites (tertiary alicyclic amines) is 1. The van der Waals surface area contributed by atoms with Crippen LogP contribution in [0.4, 0.5) is 0 Å². The van der Waals surface area contributed by atoms with Crippen molar-refractivity contribution in [2.24, 2.45) is 0 Å². The van der Waals surface area contributed by atoms with Crippen LogP contribution in [0.25, 0.3) is 11.4 Å². The predicted octanol–water partition coefficient (Wildman–Crippen LogP) is 6.49. The molecule has 1 fully saturated rings. The average molecular weight is 438 g/mol. The molecule has 1 aliphatic rings. The van der Waals surface area contributed by atoms with Crippen LogP contribution < -0.4 is 0 Å². The fourth-order valence-electron chi connectivity index (χ4n) is 4.08. The minimum absolute atomic E-state index is 0.0241. The largest absolute Gasteiger partial charge is 0.337 e. The lowest BCUT2D eigenvalue weighted by Gasteiger charge is -2.33. The van der Waals surface area contributed by atoms with Crippen LogP contribution in [0.3, 0.4) is 0 Å². The van der Waals surface area contributed by atoms with Crippen LogP contribution in [0.1, 0.15) is 73.3 Å². The summed E-state index contributed by atoms with van der Waals surface area (Å²) in [6.45, 7) is 2.90. The second-order valence-electron chi connectivity index (χ2n) is 8.13. The number of piperidine rings is 1. The lowest BCUT2D eigenvalue weighted by atomic mass is 9.99. The zero-order valence-corrected chi connectivity index (χ0v) is 18.6. The molecule has 4 rings (SSSR count). The number of aromatic nitrogens is 2. The highest BCUT2D eigenvalue weighted by atomic mass is 35.5. The summed E-state index contributed by atoms with van der Waals surface area (Å²) in [5.74, 6) is 1.03. The Hall–Kier alpha value is -2.66. The fraction of sp³-hybridized carbons (Fsp3) is 0.400. The van der Waals surface area contributed by atoms with Crippen molar-refractivity contribution >= 4 is 17.5 Å². The Kier molecular flexibility index (Phi) is 7.03. The molecule has 1 saturated heterocycles. The van der Waals surface area contributed by atoms with E-state index in [1.54, 1.807) is 12.1 Å². The number of amides is 1. The standard InChI is InChI=1S/C25H28ClN3O2/c1-2-3-4-7-18-9-11-20(12-10-18)25(30)29-17-6-5-8-22(29)24-27-23(28-31-24)19-13-15-21(26)16-14-19/h9-16,22H,2-8,17H2,1H3. The molecule has 2 heterocycles. The zero-order valence-electron chi connectivity index (χ0n) is 17.9. The van der Waals surface area contributed by atoms with Crippen LogP contribution in [-0.2, 0) is 6.42 Å². The Bertz CT molecular complexity index is 998. The monoisotopic (exact) mass is 437 g/mol. The van der Waals surface area contributed by atoms with Crippen LogP contribution in [0, 0.1) is 0 Å². The van der Waals surface area contributed by atoms with Crippen molar-refractivity contribution in [1.82, 2.24) is 15.0 Å². The Morgan fingerprint density at radius 1 is 1.10 bits per heavy atom. The van der Waals surface area contributed by atoms with Crippen LogP contribution in [-0.4, -0.2) is 27.5 Å². The lowest BCUT2D eigenvalue weighted by molar-refractivity contribution is 0.0561. The number of aryl methyl sites for hydroxylation is 1. The Morgan fingerprint density at radius 3 is 2.61 bits per heavy atom. The third-order valence-corrected chi connectivity index (χ3v) is 6.11. The van der Waals surface area contributed by atoms with E-state index in [4.69, 9.17) is 16.1 Å². The number of nitrogens with zero attached hydrogens (tertiary/aromatic N) is 3. The van der Waals surface area contributed by atoms with Crippen molar-refractivity contribution < 1.29 is 9.32 Å². The smallest absolute Gasteiger partial charge is 0.254 e. The first-order chi connectivity index (χ1) is 15.2. The van der Waals surface area contributed by atoms with Gasteiger partial charge in [-0.1, -0.05) is 48.7 Å². The van der Waals surface area contributed by atoms with E-state index < -0.39 is 0 Å². The van der Waals surface area contributed by atoms with E-state index in [2.05, 4.69) is 29.2 Å². The maximum absolute atomic E-state index is 13.3. The third-order valence-electron chi connectivity index (χ3n) is 5.86. The Labute approximate surface area is 188 Å². The first-order valence-electron chi connectivity index (χ1n) is 11.1. The lowest BCUT2D eigenvalue weighted by Crippen LogP contribution is -2.38. The van der Waals surface area contributed by atoms with Gasteiger partial charge in [0.1, 0.15) is 6.04 Å². The SMILES string of the molecule is CCCCCc1ccc(C(=O)N2CCCCC2c2nc(-c3ccc(Cl)cc3)no2)cc1. The van der Waals surface area contributed by atoms with Crippen molar-refractivity contribution in [3.05, 3.63) is 70.6 Å². The molecule has 0 N–H and O–H groups in total. The number of hydrogen-bond donors (Lipinski definition) is 0. The average Bonchev–Trinajstić information content (AvgIpc) is 3.30. The van der Waals surface area contributed by atoms with Gasteiger partial charge in [-0.25, -0.2) is 0 Å². The number of hydrogen-bond acceptors (Lipinski definition) is 4. The number of carbonyl (C=O) groups is 1. The Morgan fingerprint density at radius 2 is 1.87 bits per heavy atom. The molecule has 31 heavy (non-hydrogen) atoms. The number of unbranched alkanes of at least 4 members (excludes halogenated alkanes) is 2. The van der Waals surface area contributed by atoms with Crippen LogP contribution in [0.2, 0.25) is 5.02 Å². The van der Waals surface area contributed by atoms with Gasteiger partial charge in [0.15, 0.2) is 0 Å². The second kappa shape index (κ2) is 10.1. The molecule has 0 aliphatic carbocycles. The van der Waals surface area contributed by atoms with Gasteiger partial charge in [0.2, 0.25) is 11.7 Å². The van der Waals surface area contributed by atoms with Gasteiger partial charge in [-0.3, -0.25) is 4.79 Å². The fourth-order valence-corrected chi connectivity index (χ4v) is 4.20. The normalized spacial score (nSPS) is 16.5. The van der Waals surface area contributed by atoms with Crippen LogP contribution >= 0.6 is 11.6 Å². The maximum Gasteiger partial charge on any atom is 0.254 e. The van der Waals surface area contributed by atoms with Gasteiger partial charge < -0.3 is 9.42 Å². The van der Waals surface area contributed by atoms with Gasteiger partial charge in [-0.05, 0) is 74.1 Å². The molecule has 1 atom stereocenters. The van der Waals surface area contributed by atoms with Crippen molar-refractivity contribution in [3.8, 4) is 11.4 Å². The molecule has 1 unspecified atom stereocenters. The van der Waals surface area contributed by atoms with Gasteiger partial charge in [-0.15, -0.1) is 0 Å². The number of carbonyl (C=O) groups excluding carboxylic acids is 1. The summed E-state index contributed by atoms with van der Waals surface area (Å²) >= 11 is 5.97. The second-order valence-corrected chi connectivity index (χ2v) is 8.56. The van der Waals surface area contributed by atoms with Gasteiger partial charge in [0.25, 0.3) is 5.91 Å². The molecular formula is C25H28ClN3O2. The van der Waals surface area contributed by atoms with E-state index in [0.717, 1.165) is 31.2 Å². The topological polar surface area (TPSA) is 59.2 Å². The highest BCUT2D eigenvalue weighted by Gasteiger charge is 2.32. The number of rotatable bonds is 7. The molecule has 1 aliphatic heterocycles. The molecular weight excluding hydrogens is 410 g/mol. The van der Waals surface area contributed by atoms with Crippen LogP contribution in [0.5, 0.6) is 0 Å². The van der Waals surface area contributed by atoms with Crippen LogP contribution in [0.15, 0.2) is 53.1 Å². The summed E-state index contributed by atoms with van der Waals surface area (Å²) < 4.78 is 5.59. The summed E-state index contributed by atoms with van der Waals surface area (Å²) in [5, 5.41) is 4.80. The summed E-state index contributed by atoms with van der Waals surface area (Å²) in [4.78, 5) is 19.8. The van der Waals surface area contributed by atoms with Gasteiger partial charge in [-0.2, -0.15) is 4.98 Å². The molecule has 2 aromatic carbocycles. The quantitative estimate of drug-likeness (QED) is 0.396. The van der Waals surface area contributed by atoms with Crippen molar-refractivity contribution in [3.63, 3.8) is 0 Å². The van der Waals surface area contributed by atoms with E-state index in [9.17, 15) is 4.79 Å². The molecule has 1 aromatic heterocycles. The third kappa shape index (κ3) is 5.16. The zero-order chi connectivity index (χ0) is 21.6. The van der Waals surface area contributed by atoms with E-state index in [-0.39, 0.29) is 11.9 Å². The van der Waals surface area contributed by atoms with E-state index in [1.165, 1.54) is 24.8 Å². The molecule has 1 amide bonds. The molecule has 0 saturated carbocycles. The molecule has 5 nitrogen and oxygen atoms in total. The molecule has 162 valence electrons. The summed E-state index contributed by atoms with van der Waals surface area (Å²) in [7, 11) is 0.